The number of thioether (sulfide) groups is 1. The predicted molar refractivity (Wildman–Crippen MR) is 75.2 cm³/mol. The van der Waals surface area contributed by atoms with E-state index in [1.807, 2.05) is 18.2 Å². The zero-order valence-electron chi connectivity index (χ0n) is 10.1. The van der Waals surface area contributed by atoms with Crippen LogP contribution in [0.1, 0.15) is 0 Å². The molecule has 0 saturated heterocycles. The molecule has 1 atom stereocenters. The Hall–Kier alpha value is -1.52. The molecule has 0 aliphatic rings. The van der Waals surface area contributed by atoms with Crippen molar-refractivity contribution in [3.8, 4) is 0 Å². The Morgan fingerprint density at radius 1 is 1.28 bits per heavy atom. The predicted octanol–water partition coefficient (Wildman–Crippen LogP) is 2.60. The SMILES string of the molecule is CNC(CSc1ccc2ccccc2c1)C(=O)O. The quantitative estimate of drug-likeness (QED) is 0.812. The first-order valence-corrected chi connectivity index (χ1v) is 6.71. The highest BCUT2D eigenvalue weighted by Gasteiger charge is 2.14. The number of fused-ring (bicyclic) bond motifs is 1. The van der Waals surface area contributed by atoms with Gasteiger partial charge in [-0.15, -0.1) is 11.8 Å². The lowest BCUT2D eigenvalue weighted by molar-refractivity contribution is -0.138. The molecular weight excluding hydrogens is 246 g/mol. The smallest absolute Gasteiger partial charge is 0.321 e. The topological polar surface area (TPSA) is 49.3 Å². The van der Waals surface area contributed by atoms with Gasteiger partial charge in [-0.3, -0.25) is 4.79 Å². The van der Waals surface area contributed by atoms with Crippen molar-refractivity contribution in [2.75, 3.05) is 12.8 Å². The maximum absolute atomic E-state index is 10.9. The summed E-state index contributed by atoms with van der Waals surface area (Å²) < 4.78 is 0. The molecule has 0 saturated carbocycles. The number of hydrogen-bond acceptors (Lipinski definition) is 3. The van der Waals surface area contributed by atoms with E-state index in [2.05, 4.69) is 29.6 Å². The van der Waals surface area contributed by atoms with E-state index in [-0.39, 0.29) is 0 Å². The number of likely N-dealkylation sites (N-methyl/N-ethyl adjacent to an activating group) is 1. The molecule has 0 aliphatic heterocycles. The lowest BCUT2D eigenvalue weighted by atomic mass is 10.1. The van der Waals surface area contributed by atoms with E-state index in [9.17, 15) is 4.79 Å². The molecule has 0 amide bonds. The lowest BCUT2D eigenvalue weighted by Crippen LogP contribution is -2.35. The van der Waals surface area contributed by atoms with Gasteiger partial charge in [-0.05, 0) is 30.0 Å². The van der Waals surface area contributed by atoms with Gasteiger partial charge < -0.3 is 10.4 Å². The third-order valence-corrected chi connectivity index (χ3v) is 3.87. The molecule has 2 rings (SSSR count). The minimum absolute atomic E-state index is 0.513. The minimum Gasteiger partial charge on any atom is -0.480 e. The van der Waals surface area contributed by atoms with Gasteiger partial charge >= 0.3 is 5.97 Å². The number of nitrogens with one attached hydrogen (secondary N) is 1. The van der Waals surface area contributed by atoms with Crippen LogP contribution in [-0.4, -0.2) is 29.9 Å². The van der Waals surface area contributed by atoms with Gasteiger partial charge in [0.15, 0.2) is 0 Å². The fourth-order valence-electron chi connectivity index (χ4n) is 1.71. The van der Waals surface area contributed by atoms with E-state index in [0.717, 1.165) is 4.90 Å². The standard InChI is InChI=1S/C14H15NO2S/c1-15-13(14(16)17)9-18-12-7-6-10-4-2-3-5-11(10)8-12/h2-8,13,15H,9H2,1H3,(H,16,17). The van der Waals surface area contributed by atoms with E-state index in [1.54, 1.807) is 18.8 Å². The molecule has 94 valence electrons. The van der Waals surface area contributed by atoms with Crippen LogP contribution in [0.25, 0.3) is 10.8 Å². The number of carbonyl (C=O) groups is 1. The second-order valence-electron chi connectivity index (χ2n) is 4.00. The van der Waals surface area contributed by atoms with Crippen LogP contribution in [0.15, 0.2) is 47.4 Å². The van der Waals surface area contributed by atoms with Crippen LogP contribution in [0.4, 0.5) is 0 Å². The van der Waals surface area contributed by atoms with E-state index < -0.39 is 12.0 Å². The van der Waals surface area contributed by atoms with Gasteiger partial charge in [0.1, 0.15) is 6.04 Å². The average molecular weight is 261 g/mol. The molecule has 3 nitrogen and oxygen atoms in total. The summed E-state index contributed by atoms with van der Waals surface area (Å²) >= 11 is 1.55. The first-order chi connectivity index (χ1) is 8.70. The van der Waals surface area contributed by atoms with Crippen molar-refractivity contribution in [1.29, 1.82) is 0 Å². The molecule has 2 aromatic carbocycles. The van der Waals surface area contributed by atoms with Gasteiger partial charge in [0.2, 0.25) is 0 Å². The van der Waals surface area contributed by atoms with Crippen LogP contribution >= 0.6 is 11.8 Å². The zero-order valence-corrected chi connectivity index (χ0v) is 10.9. The summed E-state index contributed by atoms with van der Waals surface area (Å²) in [5.41, 5.74) is 0. The highest BCUT2D eigenvalue weighted by Crippen LogP contribution is 2.24. The fraction of sp³-hybridized carbons (Fsp3) is 0.214. The monoisotopic (exact) mass is 261 g/mol. The average Bonchev–Trinajstić information content (AvgIpc) is 2.39. The summed E-state index contributed by atoms with van der Waals surface area (Å²) in [6.07, 6.45) is 0. The molecule has 0 radical (unpaired) electrons. The zero-order chi connectivity index (χ0) is 13.0. The highest BCUT2D eigenvalue weighted by molar-refractivity contribution is 7.99. The Labute approximate surface area is 110 Å². The molecule has 0 bridgehead atoms. The summed E-state index contributed by atoms with van der Waals surface area (Å²) in [4.78, 5) is 12.0. The third kappa shape index (κ3) is 3.03. The molecule has 18 heavy (non-hydrogen) atoms. The summed E-state index contributed by atoms with van der Waals surface area (Å²) in [6, 6.07) is 13.8. The van der Waals surface area contributed by atoms with Gasteiger partial charge in [-0.2, -0.15) is 0 Å². The second kappa shape index (κ2) is 5.89. The first-order valence-electron chi connectivity index (χ1n) is 5.72. The molecular formula is C14H15NO2S. The Morgan fingerprint density at radius 3 is 2.67 bits per heavy atom. The van der Waals surface area contributed by atoms with Gasteiger partial charge in [-0.25, -0.2) is 0 Å². The molecule has 0 aromatic heterocycles. The second-order valence-corrected chi connectivity index (χ2v) is 5.09. The summed E-state index contributed by atoms with van der Waals surface area (Å²) in [5, 5.41) is 14.1. The van der Waals surface area contributed by atoms with Crippen molar-refractivity contribution in [1.82, 2.24) is 5.32 Å². The van der Waals surface area contributed by atoms with E-state index >= 15 is 0 Å². The fourth-order valence-corrected chi connectivity index (χ4v) is 2.76. The number of carboxylic acids is 1. The van der Waals surface area contributed by atoms with Crippen LogP contribution in [0.2, 0.25) is 0 Å². The Bertz CT molecular complexity index is 556. The Kier molecular flexibility index (Phi) is 4.23. The van der Waals surface area contributed by atoms with E-state index in [0.29, 0.717) is 5.75 Å². The van der Waals surface area contributed by atoms with Crippen LogP contribution in [0, 0.1) is 0 Å². The Balaban J connectivity index is 2.10. The summed E-state index contributed by atoms with van der Waals surface area (Å²) in [5.74, 6) is -0.296. The third-order valence-electron chi connectivity index (χ3n) is 2.78. The number of carboxylic acid groups (broad SMARTS) is 1. The molecule has 4 heteroatoms. The van der Waals surface area contributed by atoms with Crippen LogP contribution < -0.4 is 5.32 Å². The molecule has 0 heterocycles. The summed E-state index contributed by atoms with van der Waals surface area (Å²) in [7, 11) is 1.67. The molecule has 1 unspecified atom stereocenters. The molecule has 2 N–H and O–H groups in total. The van der Waals surface area contributed by atoms with E-state index in [4.69, 9.17) is 5.11 Å². The molecule has 0 aliphatic carbocycles. The largest absolute Gasteiger partial charge is 0.480 e. The van der Waals surface area contributed by atoms with Gasteiger partial charge in [0, 0.05) is 10.6 Å². The van der Waals surface area contributed by atoms with Crippen LogP contribution in [0.3, 0.4) is 0 Å². The van der Waals surface area contributed by atoms with E-state index in [1.165, 1.54) is 10.8 Å². The molecule has 2 aromatic rings. The van der Waals surface area contributed by atoms with Crippen LogP contribution in [0.5, 0.6) is 0 Å². The number of rotatable bonds is 5. The minimum atomic E-state index is -0.814. The maximum Gasteiger partial charge on any atom is 0.321 e. The highest BCUT2D eigenvalue weighted by atomic mass is 32.2. The lowest BCUT2D eigenvalue weighted by Gasteiger charge is -2.10. The van der Waals surface area contributed by atoms with Crippen molar-refractivity contribution in [3.05, 3.63) is 42.5 Å². The molecule has 0 spiro atoms. The van der Waals surface area contributed by atoms with Crippen molar-refractivity contribution in [2.45, 2.75) is 10.9 Å². The number of benzene rings is 2. The Morgan fingerprint density at radius 2 is 2.00 bits per heavy atom. The van der Waals surface area contributed by atoms with Gasteiger partial charge in [0.05, 0.1) is 0 Å². The van der Waals surface area contributed by atoms with Gasteiger partial charge in [-0.1, -0.05) is 30.3 Å². The number of hydrogen-bond donors (Lipinski definition) is 2. The van der Waals surface area contributed by atoms with Crippen LogP contribution in [-0.2, 0) is 4.79 Å². The normalized spacial score (nSPS) is 12.5. The number of aliphatic carboxylic acids is 1. The summed E-state index contributed by atoms with van der Waals surface area (Å²) in [6.45, 7) is 0. The van der Waals surface area contributed by atoms with Crippen molar-refractivity contribution in [3.63, 3.8) is 0 Å². The first kappa shape index (κ1) is 12.9. The van der Waals surface area contributed by atoms with Crippen molar-refractivity contribution < 1.29 is 9.90 Å². The molecule has 0 fully saturated rings. The van der Waals surface area contributed by atoms with Crippen molar-refractivity contribution in [2.24, 2.45) is 0 Å². The van der Waals surface area contributed by atoms with Crippen molar-refractivity contribution >= 4 is 28.5 Å². The van der Waals surface area contributed by atoms with Gasteiger partial charge in [0.25, 0.3) is 0 Å². The maximum atomic E-state index is 10.9.